The van der Waals surface area contributed by atoms with Crippen molar-refractivity contribution in [3.63, 3.8) is 0 Å². The molecule has 1 amide bonds. The highest BCUT2D eigenvalue weighted by Gasteiger charge is 2.43. The first-order valence-corrected chi connectivity index (χ1v) is 7.53. The number of carbonyl (C=O) groups is 2. The van der Waals surface area contributed by atoms with Crippen LogP contribution in [0, 0.1) is 6.92 Å². The molecule has 1 aliphatic heterocycles. The maximum Gasteiger partial charge on any atom is 0.330 e. The van der Waals surface area contributed by atoms with Crippen LogP contribution in [-0.2, 0) is 4.79 Å². The Hall–Kier alpha value is -2.09. The quantitative estimate of drug-likeness (QED) is 0.878. The number of carboxylic acids is 1. The zero-order valence-corrected chi connectivity index (χ0v) is 12.1. The lowest BCUT2D eigenvalue weighted by Gasteiger charge is -2.24. The number of rotatable bonds is 3. The molecule has 8 heteroatoms. The summed E-state index contributed by atoms with van der Waals surface area (Å²) in [5.74, 6) is -0.365. The molecule has 1 saturated heterocycles. The topological polar surface area (TPSA) is 105 Å². The van der Waals surface area contributed by atoms with E-state index in [1.807, 2.05) is 0 Å². The third kappa shape index (κ3) is 2.35. The van der Waals surface area contributed by atoms with Crippen molar-refractivity contribution in [1.82, 2.24) is 15.5 Å². The van der Waals surface area contributed by atoms with Crippen molar-refractivity contribution in [3.05, 3.63) is 23.5 Å². The number of aromatic nitrogens is 2. The van der Waals surface area contributed by atoms with Crippen LogP contribution in [0.5, 0.6) is 0 Å². The second-order valence-corrected chi connectivity index (χ2v) is 6.09. The Kier molecular flexibility index (Phi) is 3.32. The summed E-state index contributed by atoms with van der Waals surface area (Å²) in [4.78, 5) is 27.8. The van der Waals surface area contributed by atoms with Gasteiger partial charge in [0.05, 0.1) is 16.6 Å². The summed E-state index contributed by atoms with van der Waals surface area (Å²) in [7, 11) is 0. The van der Waals surface area contributed by atoms with E-state index in [9.17, 15) is 14.7 Å². The van der Waals surface area contributed by atoms with Crippen molar-refractivity contribution < 1.29 is 19.2 Å². The fraction of sp³-hybridized carbons (Fsp3) is 0.385. The van der Waals surface area contributed by atoms with E-state index in [-0.39, 0.29) is 0 Å². The van der Waals surface area contributed by atoms with E-state index in [1.54, 1.807) is 13.0 Å². The van der Waals surface area contributed by atoms with Gasteiger partial charge in [0.2, 0.25) is 0 Å². The van der Waals surface area contributed by atoms with Crippen molar-refractivity contribution in [2.45, 2.75) is 18.9 Å². The molecule has 1 unspecified atom stereocenters. The summed E-state index contributed by atoms with van der Waals surface area (Å²) in [5, 5.41) is 16.4. The van der Waals surface area contributed by atoms with Crippen LogP contribution in [0.4, 0.5) is 0 Å². The summed E-state index contributed by atoms with van der Waals surface area (Å²) in [5.41, 5.74) is 0.0942. The summed E-state index contributed by atoms with van der Waals surface area (Å²) in [6.07, 6.45) is 1.78. The Morgan fingerprint density at radius 3 is 3.00 bits per heavy atom. The fourth-order valence-corrected chi connectivity index (χ4v) is 3.57. The van der Waals surface area contributed by atoms with Gasteiger partial charge in [0, 0.05) is 11.9 Å². The number of nitrogens with zero attached hydrogens (tertiary/aromatic N) is 2. The van der Waals surface area contributed by atoms with E-state index >= 15 is 0 Å². The number of hydrogen-bond acceptors (Lipinski definition) is 6. The molecule has 0 saturated carbocycles. The van der Waals surface area contributed by atoms with Crippen LogP contribution in [0.2, 0.25) is 0 Å². The fourth-order valence-electron chi connectivity index (χ4n) is 2.24. The maximum absolute atomic E-state index is 12.3. The number of thioether (sulfide) groups is 1. The van der Waals surface area contributed by atoms with Crippen molar-refractivity contribution in [2.75, 3.05) is 11.5 Å². The number of hydrogen-bond donors (Lipinski definition) is 2. The number of aryl methyl sites for hydroxylation is 1. The van der Waals surface area contributed by atoms with Crippen molar-refractivity contribution >= 4 is 34.7 Å². The van der Waals surface area contributed by atoms with Gasteiger partial charge in [-0.1, -0.05) is 5.16 Å². The van der Waals surface area contributed by atoms with Crippen LogP contribution in [0.15, 0.2) is 16.8 Å². The van der Waals surface area contributed by atoms with E-state index in [1.165, 1.54) is 18.0 Å². The van der Waals surface area contributed by atoms with Gasteiger partial charge in [-0.05, 0) is 25.2 Å². The van der Waals surface area contributed by atoms with Crippen LogP contribution in [0.3, 0.4) is 0 Å². The van der Waals surface area contributed by atoms with Crippen LogP contribution < -0.4 is 5.32 Å². The van der Waals surface area contributed by atoms with Crippen molar-refractivity contribution in [2.24, 2.45) is 0 Å². The van der Waals surface area contributed by atoms with Crippen LogP contribution in [-0.4, -0.2) is 44.2 Å². The molecule has 1 atom stereocenters. The standard InChI is InChI=1S/C13H13N3O4S/c1-7-9-4-8(5-14-11(9)20-16-7)10(17)15-13(12(18)19)2-3-21-6-13/h4-5H,2-3,6H2,1H3,(H,15,17)(H,18,19). The molecule has 21 heavy (non-hydrogen) atoms. The Morgan fingerprint density at radius 2 is 2.33 bits per heavy atom. The first-order chi connectivity index (χ1) is 10.0. The second kappa shape index (κ2) is 5.03. The smallest absolute Gasteiger partial charge is 0.330 e. The molecule has 1 aliphatic rings. The molecule has 0 aromatic carbocycles. The third-order valence-corrected chi connectivity index (χ3v) is 4.75. The number of aliphatic carboxylic acids is 1. The molecule has 0 spiro atoms. The van der Waals surface area contributed by atoms with Gasteiger partial charge in [-0.2, -0.15) is 11.8 Å². The van der Waals surface area contributed by atoms with E-state index in [2.05, 4.69) is 15.5 Å². The van der Waals surface area contributed by atoms with E-state index in [0.717, 1.165) is 0 Å². The average Bonchev–Trinajstić information content (AvgIpc) is 3.07. The number of fused-ring (bicyclic) bond motifs is 1. The second-order valence-electron chi connectivity index (χ2n) is 4.99. The molecular formula is C13H13N3O4S. The van der Waals surface area contributed by atoms with Gasteiger partial charge >= 0.3 is 5.97 Å². The highest BCUT2D eigenvalue weighted by atomic mass is 32.2. The van der Waals surface area contributed by atoms with Crippen molar-refractivity contribution in [1.29, 1.82) is 0 Å². The van der Waals surface area contributed by atoms with Gasteiger partial charge < -0.3 is 14.9 Å². The Labute approximate surface area is 124 Å². The average molecular weight is 307 g/mol. The minimum atomic E-state index is -1.19. The summed E-state index contributed by atoms with van der Waals surface area (Å²) < 4.78 is 4.98. The molecule has 2 aromatic heterocycles. The first-order valence-electron chi connectivity index (χ1n) is 6.37. The summed E-state index contributed by atoms with van der Waals surface area (Å²) >= 11 is 1.52. The van der Waals surface area contributed by atoms with Gasteiger partial charge in [-0.15, -0.1) is 0 Å². The largest absolute Gasteiger partial charge is 0.479 e. The van der Waals surface area contributed by atoms with Crippen LogP contribution in [0.25, 0.3) is 11.1 Å². The minimum Gasteiger partial charge on any atom is -0.479 e. The molecule has 2 N–H and O–H groups in total. The number of carbonyl (C=O) groups excluding carboxylic acids is 1. The normalized spacial score (nSPS) is 21.6. The van der Waals surface area contributed by atoms with Gasteiger partial charge in [-0.3, -0.25) is 4.79 Å². The predicted octanol–water partition coefficient (Wildman–Crippen LogP) is 1.22. The van der Waals surface area contributed by atoms with Crippen molar-refractivity contribution in [3.8, 4) is 0 Å². The number of pyridine rings is 1. The zero-order valence-electron chi connectivity index (χ0n) is 11.3. The molecule has 0 radical (unpaired) electrons. The lowest BCUT2D eigenvalue weighted by molar-refractivity contribution is -0.143. The Bertz CT molecular complexity index is 721. The molecule has 3 rings (SSSR count). The monoisotopic (exact) mass is 307 g/mol. The lowest BCUT2D eigenvalue weighted by Crippen LogP contribution is -2.54. The number of nitrogens with one attached hydrogen (secondary N) is 1. The van der Waals surface area contributed by atoms with Gasteiger partial charge in [0.25, 0.3) is 11.6 Å². The molecule has 0 aliphatic carbocycles. The molecule has 3 heterocycles. The van der Waals surface area contributed by atoms with E-state index in [4.69, 9.17) is 4.52 Å². The molecule has 0 bridgehead atoms. The Morgan fingerprint density at radius 1 is 1.52 bits per heavy atom. The third-order valence-electron chi connectivity index (χ3n) is 3.56. The van der Waals surface area contributed by atoms with Gasteiger partial charge in [0.15, 0.2) is 0 Å². The van der Waals surface area contributed by atoms with E-state index < -0.39 is 17.4 Å². The molecule has 7 nitrogen and oxygen atoms in total. The van der Waals surface area contributed by atoms with Gasteiger partial charge in [-0.25, -0.2) is 9.78 Å². The molecular weight excluding hydrogens is 294 g/mol. The lowest BCUT2D eigenvalue weighted by atomic mass is 9.98. The molecule has 2 aromatic rings. The first kappa shape index (κ1) is 13.9. The Balaban J connectivity index is 1.89. The highest BCUT2D eigenvalue weighted by Crippen LogP contribution is 2.28. The zero-order chi connectivity index (χ0) is 15.0. The van der Waals surface area contributed by atoms with Gasteiger partial charge in [0.1, 0.15) is 5.54 Å². The predicted molar refractivity (Wildman–Crippen MR) is 76.3 cm³/mol. The summed E-state index contributed by atoms with van der Waals surface area (Å²) in [6.45, 7) is 1.75. The molecule has 1 fully saturated rings. The minimum absolute atomic E-state index is 0.298. The number of amides is 1. The SMILES string of the molecule is Cc1noc2ncc(C(=O)NC3(C(=O)O)CCSC3)cc12. The number of carboxylic acid groups (broad SMARTS) is 1. The van der Waals surface area contributed by atoms with E-state index in [0.29, 0.717) is 40.3 Å². The maximum atomic E-state index is 12.3. The van der Waals surface area contributed by atoms with Crippen LogP contribution >= 0.6 is 11.8 Å². The summed E-state index contributed by atoms with van der Waals surface area (Å²) in [6, 6.07) is 1.61. The molecule has 110 valence electrons. The highest BCUT2D eigenvalue weighted by molar-refractivity contribution is 7.99. The van der Waals surface area contributed by atoms with Crippen LogP contribution in [0.1, 0.15) is 22.5 Å².